The summed E-state index contributed by atoms with van der Waals surface area (Å²) in [7, 11) is 1.60. The molecule has 0 aliphatic heterocycles. The van der Waals surface area contributed by atoms with E-state index in [4.69, 9.17) is 9.47 Å². The van der Waals surface area contributed by atoms with Crippen LogP contribution in [0.4, 0.5) is 5.69 Å². The number of carbonyl (C=O) groups excluding carboxylic acids is 1. The zero-order chi connectivity index (χ0) is 16.0. The molecule has 116 valence electrons. The van der Waals surface area contributed by atoms with Crippen molar-refractivity contribution in [1.82, 2.24) is 5.32 Å². The maximum absolute atomic E-state index is 11.9. The molecular formula is C14H20N2O5. The van der Waals surface area contributed by atoms with E-state index in [1.807, 2.05) is 0 Å². The molecule has 0 radical (unpaired) electrons. The van der Waals surface area contributed by atoms with E-state index >= 15 is 0 Å². The van der Waals surface area contributed by atoms with E-state index in [-0.39, 0.29) is 24.7 Å². The summed E-state index contributed by atoms with van der Waals surface area (Å²) < 4.78 is 10.5. The molecule has 0 heterocycles. The number of esters is 1. The number of likely N-dealkylation sites (N-methyl/N-ethyl adjacent to an activating group) is 1. The largest absolute Gasteiger partial charge is 0.484 e. The number of hydrogen-bond acceptors (Lipinski definition) is 6. The van der Waals surface area contributed by atoms with Crippen LogP contribution in [0.25, 0.3) is 0 Å². The molecule has 7 nitrogen and oxygen atoms in total. The van der Waals surface area contributed by atoms with Gasteiger partial charge >= 0.3 is 11.7 Å². The minimum atomic E-state index is -1.08. The van der Waals surface area contributed by atoms with Crippen molar-refractivity contribution in [3.05, 3.63) is 33.9 Å². The van der Waals surface area contributed by atoms with E-state index in [1.54, 1.807) is 40.0 Å². The van der Waals surface area contributed by atoms with E-state index < -0.39 is 16.4 Å². The van der Waals surface area contributed by atoms with Gasteiger partial charge in [0.2, 0.25) is 0 Å². The Morgan fingerprint density at radius 3 is 2.67 bits per heavy atom. The smallest absolute Gasteiger partial charge is 0.329 e. The van der Waals surface area contributed by atoms with Crippen LogP contribution in [-0.4, -0.2) is 36.7 Å². The maximum Gasteiger partial charge on any atom is 0.329 e. The Hall–Kier alpha value is -2.15. The van der Waals surface area contributed by atoms with Crippen molar-refractivity contribution >= 4 is 11.7 Å². The lowest BCUT2D eigenvalue weighted by Gasteiger charge is -2.26. The van der Waals surface area contributed by atoms with Gasteiger partial charge in [0, 0.05) is 6.07 Å². The fraction of sp³-hybridized carbons (Fsp3) is 0.500. The van der Waals surface area contributed by atoms with E-state index in [0.717, 1.165) is 5.56 Å². The second-order valence-electron chi connectivity index (χ2n) is 4.82. The Morgan fingerprint density at radius 2 is 2.14 bits per heavy atom. The molecular weight excluding hydrogens is 276 g/mol. The first kappa shape index (κ1) is 16.9. The van der Waals surface area contributed by atoms with Crippen LogP contribution in [0.1, 0.15) is 19.4 Å². The van der Waals surface area contributed by atoms with Gasteiger partial charge in [-0.05, 0) is 39.4 Å². The minimum Gasteiger partial charge on any atom is -0.484 e. The topological polar surface area (TPSA) is 90.7 Å². The molecule has 1 aromatic rings. The SMILES string of the molecule is CCOC(=O)C(C)(COc1cc(C)ccc1[N+](=O)[O-])NC. The fourth-order valence-corrected chi connectivity index (χ4v) is 1.63. The number of nitro benzene ring substituents is 1. The van der Waals surface area contributed by atoms with Crippen molar-refractivity contribution in [2.45, 2.75) is 26.3 Å². The van der Waals surface area contributed by atoms with Crippen molar-refractivity contribution in [2.75, 3.05) is 20.3 Å². The van der Waals surface area contributed by atoms with Crippen LogP contribution in [0, 0.1) is 17.0 Å². The minimum absolute atomic E-state index is 0.0768. The molecule has 0 aliphatic rings. The van der Waals surface area contributed by atoms with Gasteiger partial charge in [-0.15, -0.1) is 0 Å². The molecule has 0 saturated heterocycles. The fourth-order valence-electron chi connectivity index (χ4n) is 1.63. The zero-order valence-corrected chi connectivity index (χ0v) is 12.6. The van der Waals surface area contributed by atoms with Gasteiger partial charge in [-0.1, -0.05) is 6.07 Å². The number of ether oxygens (including phenoxy) is 2. The third-order valence-corrected chi connectivity index (χ3v) is 3.11. The maximum atomic E-state index is 11.9. The molecule has 1 atom stereocenters. The number of nitro groups is 1. The molecule has 7 heteroatoms. The lowest BCUT2D eigenvalue weighted by molar-refractivity contribution is -0.385. The molecule has 0 aromatic heterocycles. The lowest BCUT2D eigenvalue weighted by atomic mass is 10.0. The Balaban J connectivity index is 2.93. The molecule has 1 rings (SSSR count). The molecule has 0 saturated carbocycles. The summed E-state index contributed by atoms with van der Waals surface area (Å²) in [5.74, 6) is -0.339. The molecule has 1 N–H and O–H groups in total. The highest BCUT2D eigenvalue weighted by molar-refractivity contribution is 5.80. The van der Waals surface area contributed by atoms with Gasteiger partial charge in [-0.25, -0.2) is 4.79 Å². The van der Waals surface area contributed by atoms with Crippen LogP contribution in [0.2, 0.25) is 0 Å². The van der Waals surface area contributed by atoms with Gasteiger partial charge in [-0.2, -0.15) is 0 Å². The monoisotopic (exact) mass is 296 g/mol. The molecule has 1 aromatic carbocycles. The Morgan fingerprint density at radius 1 is 1.48 bits per heavy atom. The molecule has 0 bridgehead atoms. The highest BCUT2D eigenvalue weighted by Crippen LogP contribution is 2.28. The molecule has 1 unspecified atom stereocenters. The van der Waals surface area contributed by atoms with Gasteiger partial charge in [0.05, 0.1) is 11.5 Å². The third-order valence-electron chi connectivity index (χ3n) is 3.11. The lowest BCUT2D eigenvalue weighted by Crippen LogP contribution is -2.53. The van der Waals surface area contributed by atoms with E-state index in [1.165, 1.54) is 6.07 Å². The van der Waals surface area contributed by atoms with Crippen molar-refractivity contribution in [3.8, 4) is 5.75 Å². The summed E-state index contributed by atoms with van der Waals surface area (Å²) in [6.45, 7) is 5.30. The van der Waals surface area contributed by atoms with Crippen molar-refractivity contribution in [2.24, 2.45) is 0 Å². The predicted molar refractivity (Wildman–Crippen MR) is 77.4 cm³/mol. The predicted octanol–water partition coefficient (Wildman–Crippen LogP) is 1.82. The molecule has 0 fully saturated rings. The van der Waals surface area contributed by atoms with Crippen LogP contribution in [0.5, 0.6) is 5.75 Å². The summed E-state index contributed by atoms with van der Waals surface area (Å²) in [6.07, 6.45) is 0. The molecule has 0 amide bonds. The van der Waals surface area contributed by atoms with E-state index in [0.29, 0.717) is 0 Å². The van der Waals surface area contributed by atoms with Gasteiger partial charge in [0.1, 0.15) is 12.1 Å². The number of rotatable bonds is 7. The first-order valence-electron chi connectivity index (χ1n) is 6.58. The number of benzene rings is 1. The first-order valence-corrected chi connectivity index (χ1v) is 6.58. The zero-order valence-electron chi connectivity index (χ0n) is 12.6. The van der Waals surface area contributed by atoms with E-state index in [9.17, 15) is 14.9 Å². The quantitative estimate of drug-likeness (QED) is 0.469. The average Bonchev–Trinajstić information content (AvgIpc) is 2.44. The Kier molecular flexibility index (Phi) is 5.66. The Bertz CT molecular complexity index is 532. The van der Waals surface area contributed by atoms with Gasteiger partial charge < -0.3 is 14.8 Å². The van der Waals surface area contributed by atoms with Gasteiger partial charge in [0.25, 0.3) is 0 Å². The summed E-state index contributed by atoms with van der Waals surface area (Å²) in [6, 6.07) is 4.58. The van der Waals surface area contributed by atoms with Gasteiger partial charge in [-0.3, -0.25) is 10.1 Å². The average molecular weight is 296 g/mol. The normalized spacial score (nSPS) is 13.3. The highest BCUT2D eigenvalue weighted by atomic mass is 16.6. The van der Waals surface area contributed by atoms with Crippen LogP contribution >= 0.6 is 0 Å². The third kappa shape index (κ3) is 4.16. The van der Waals surface area contributed by atoms with E-state index in [2.05, 4.69) is 5.32 Å². The summed E-state index contributed by atoms with van der Waals surface area (Å²) >= 11 is 0. The molecule has 21 heavy (non-hydrogen) atoms. The Labute approximate surface area is 123 Å². The number of nitrogens with one attached hydrogen (secondary N) is 1. The second kappa shape index (κ2) is 7.03. The van der Waals surface area contributed by atoms with Crippen molar-refractivity contribution < 1.29 is 19.2 Å². The van der Waals surface area contributed by atoms with Crippen molar-refractivity contribution in [1.29, 1.82) is 0 Å². The number of nitrogens with zero attached hydrogens (tertiary/aromatic N) is 1. The number of aryl methyl sites for hydroxylation is 1. The standard InChI is InChI=1S/C14H20N2O5/c1-5-20-13(17)14(3,15-4)9-21-12-8-10(2)6-7-11(12)16(18)19/h6-8,15H,5,9H2,1-4H3. The van der Waals surface area contributed by atoms with Crippen molar-refractivity contribution in [3.63, 3.8) is 0 Å². The van der Waals surface area contributed by atoms with Gasteiger partial charge in [0.15, 0.2) is 5.75 Å². The number of hydrogen-bond donors (Lipinski definition) is 1. The summed E-state index contributed by atoms with van der Waals surface area (Å²) in [5.41, 5.74) is -0.381. The van der Waals surface area contributed by atoms with Crippen LogP contribution in [-0.2, 0) is 9.53 Å². The molecule has 0 spiro atoms. The van der Waals surface area contributed by atoms with Crippen LogP contribution in [0.15, 0.2) is 18.2 Å². The first-order chi connectivity index (χ1) is 9.84. The highest BCUT2D eigenvalue weighted by Gasteiger charge is 2.34. The number of carbonyl (C=O) groups is 1. The van der Waals surface area contributed by atoms with Crippen LogP contribution < -0.4 is 10.1 Å². The van der Waals surface area contributed by atoms with Crippen LogP contribution in [0.3, 0.4) is 0 Å². The summed E-state index contributed by atoms with van der Waals surface area (Å²) in [5, 5.41) is 13.8. The molecule has 0 aliphatic carbocycles. The second-order valence-corrected chi connectivity index (χ2v) is 4.82. The summed E-state index contributed by atoms with van der Waals surface area (Å²) in [4.78, 5) is 22.4.